The molecule has 2 fully saturated rings. The standard InChI is InChI=1S/C15H26N4/c1-4-16-12-8-13-6-5-7-14(9-12)19(13)15-10(2)17-18-11(15)3/h12-14,16H,4-9H2,1-3H3,(H,17,18). The molecule has 3 rings (SSSR count). The number of rotatable bonds is 3. The second-order valence-electron chi connectivity index (χ2n) is 6.15. The molecule has 2 unspecified atom stereocenters. The van der Waals surface area contributed by atoms with E-state index >= 15 is 0 Å². The molecule has 0 radical (unpaired) electrons. The molecule has 2 bridgehead atoms. The van der Waals surface area contributed by atoms with Crippen molar-refractivity contribution in [2.24, 2.45) is 0 Å². The zero-order valence-electron chi connectivity index (χ0n) is 12.4. The Labute approximate surface area is 116 Å². The lowest BCUT2D eigenvalue weighted by Crippen LogP contribution is -2.56. The number of hydrogen-bond donors (Lipinski definition) is 2. The molecule has 0 aromatic carbocycles. The fourth-order valence-electron chi connectivity index (χ4n) is 4.13. The molecule has 106 valence electrons. The molecule has 4 nitrogen and oxygen atoms in total. The maximum absolute atomic E-state index is 4.39. The highest BCUT2D eigenvalue weighted by atomic mass is 15.3. The molecule has 4 heteroatoms. The van der Waals surface area contributed by atoms with Crippen LogP contribution in [0.5, 0.6) is 0 Å². The largest absolute Gasteiger partial charge is 0.362 e. The predicted octanol–water partition coefficient (Wildman–Crippen LogP) is 2.53. The van der Waals surface area contributed by atoms with Crippen LogP contribution < -0.4 is 10.2 Å². The molecule has 2 atom stereocenters. The Bertz CT molecular complexity index is 406. The summed E-state index contributed by atoms with van der Waals surface area (Å²) >= 11 is 0. The Morgan fingerprint density at radius 1 is 1.26 bits per heavy atom. The first-order chi connectivity index (χ1) is 9.20. The van der Waals surface area contributed by atoms with Crippen molar-refractivity contribution in [2.75, 3.05) is 11.4 Å². The molecular formula is C15H26N4. The summed E-state index contributed by atoms with van der Waals surface area (Å²) < 4.78 is 0. The average Bonchev–Trinajstić information content (AvgIpc) is 2.69. The van der Waals surface area contributed by atoms with Crippen LogP contribution in [-0.2, 0) is 0 Å². The minimum Gasteiger partial charge on any atom is -0.362 e. The van der Waals surface area contributed by atoms with Crippen LogP contribution >= 0.6 is 0 Å². The third-order valence-electron chi connectivity index (χ3n) is 4.81. The minimum atomic E-state index is 0.701. The number of piperidine rings is 2. The molecule has 0 aliphatic carbocycles. The lowest BCUT2D eigenvalue weighted by molar-refractivity contribution is 0.247. The number of aromatic amines is 1. The molecule has 2 N–H and O–H groups in total. The highest BCUT2D eigenvalue weighted by Gasteiger charge is 2.39. The van der Waals surface area contributed by atoms with E-state index in [1.165, 1.54) is 43.5 Å². The van der Waals surface area contributed by atoms with E-state index in [2.05, 4.69) is 41.2 Å². The van der Waals surface area contributed by atoms with Gasteiger partial charge in [0.25, 0.3) is 0 Å². The zero-order valence-corrected chi connectivity index (χ0v) is 12.4. The number of nitrogens with one attached hydrogen (secondary N) is 2. The van der Waals surface area contributed by atoms with Gasteiger partial charge in [-0.1, -0.05) is 6.92 Å². The van der Waals surface area contributed by atoms with Crippen LogP contribution in [0.4, 0.5) is 5.69 Å². The number of nitrogens with zero attached hydrogens (tertiary/aromatic N) is 2. The normalized spacial score (nSPS) is 30.7. The number of aromatic nitrogens is 2. The molecule has 2 saturated heterocycles. The van der Waals surface area contributed by atoms with Gasteiger partial charge in [0.1, 0.15) is 0 Å². The van der Waals surface area contributed by atoms with Gasteiger partial charge in [0.15, 0.2) is 0 Å². The summed E-state index contributed by atoms with van der Waals surface area (Å²) in [4.78, 5) is 2.69. The molecule has 3 heterocycles. The van der Waals surface area contributed by atoms with Gasteiger partial charge >= 0.3 is 0 Å². The number of fused-ring (bicyclic) bond motifs is 2. The van der Waals surface area contributed by atoms with E-state index in [9.17, 15) is 0 Å². The van der Waals surface area contributed by atoms with Gasteiger partial charge in [0.2, 0.25) is 0 Å². The monoisotopic (exact) mass is 262 g/mol. The van der Waals surface area contributed by atoms with Gasteiger partial charge in [-0.15, -0.1) is 0 Å². The molecule has 2 aliphatic rings. The van der Waals surface area contributed by atoms with E-state index in [0.29, 0.717) is 18.1 Å². The second kappa shape index (κ2) is 5.16. The van der Waals surface area contributed by atoms with Gasteiger partial charge in [-0.25, -0.2) is 0 Å². The second-order valence-corrected chi connectivity index (χ2v) is 6.15. The topological polar surface area (TPSA) is 44.0 Å². The Kier molecular flexibility index (Phi) is 3.52. The van der Waals surface area contributed by atoms with Gasteiger partial charge in [0.05, 0.1) is 17.1 Å². The maximum atomic E-state index is 4.39. The van der Waals surface area contributed by atoms with Gasteiger partial charge in [0, 0.05) is 18.1 Å². The molecule has 2 aliphatic heterocycles. The van der Waals surface area contributed by atoms with Gasteiger partial charge in [-0.05, 0) is 52.5 Å². The SMILES string of the molecule is CCNC1CC2CCCC(C1)N2c1c(C)n[nH]c1C. The van der Waals surface area contributed by atoms with Crippen molar-refractivity contribution in [3.63, 3.8) is 0 Å². The first-order valence-corrected chi connectivity index (χ1v) is 7.74. The first-order valence-electron chi connectivity index (χ1n) is 7.74. The van der Waals surface area contributed by atoms with E-state index < -0.39 is 0 Å². The van der Waals surface area contributed by atoms with Crippen molar-refractivity contribution in [1.82, 2.24) is 15.5 Å². The molecular weight excluding hydrogens is 236 g/mol. The van der Waals surface area contributed by atoms with Crippen LogP contribution in [0, 0.1) is 13.8 Å². The highest BCUT2D eigenvalue weighted by Crippen LogP contribution is 2.39. The van der Waals surface area contributed by atoms with E-state index in [1.54, 1.807) is 0 Å². The summed E-state index contributed by atoms with van der Waals surface area (Å²) in [6, 6.07) is 2.11. The average molecular weight is 262 g/mol. The number of H-pyrrole nitrogens is 1. The van der Waals surface area contributed by atoms with Gasteiger partial charge in [-0.2, -0.15) is 5.10 Å². The van der Waals surface area contributed by atoms with Crippen LogP contribution in [0.15, 0.2) is 0 Å². The smallest absolute Gasteiger partial charge is 0.0827 e. The van der Waals surface area contributed by atoms with Crippen molar-refractivity contribution in [1.29, 1.82) is 0 Å². The summed E-state index contributed by atoms with van der Waals surface area (Å²) in [7, 11) is 0. The van der Waals surface area contributed by atoms with Crippen molar-refractivity contribution < 1.29 is 0 Å². The summed E-state index contributed by atoms with van der Waals surface area (Å²) in [5, 5.41) is 11.2. The minimum absolute atomic E-state index is 0.701. The first kappa shape index (κ1) is 13.0. The third-order valence-corrected chi connectivity index (χ3v) is 4.81. The molecule has 0 spiro atoms. The Hall–Kier alpha value is -1.03. The Morgan fingerprint density at radius 3 is 2.47 bits per heavy atom. The van der Waals surface area contributed by atoms with Crippen LogP contribution in [0.1, 0.15) is 50.4 Å². The van der Waals surface area contributed by atoms with E-state index in [4.69, 9.17) is 0 Å². The van der Waals surface area contributed by atoms with Crippen LogP contribution in [-0.4, -0.2) is 34.9 Å². The number of aryl methyl sites for hydroxylation is 2. The fourth-order valence-corrected chi connectivity index (χ4v) is 4.13. The zero-order chi connectivity index (χ0) is 13.4. The van der Waals surface area contributed by atoms with Crippen molar-refractivity contribution in [3.05, 3.63) is 11.4 Å². The Balaban J connectivity index is 1.87. The van der Waals surface area contributed by atoms with Crippen LogP contribution in [0.25, 0.3) is 0 Å². The lowest BCUT2D eigenvalue weighted by Gasteiger charge is -2.50. The number of anilines is 1. The summed E-state index contributed by atoms with van der Waals surface area (Å²) in [5.41, 5.74) is 3.78. The Morgan fingerprint density at radius 2 is 1.95 bits per heavy atom. The molecule has 1 aromatic rings. The molecule has 0 amide bonds. The number of hydrogen-bond acceptors (Lipinski definition) is 3. The third kappa shape index (κ3) is 2.27. The lowest BCUT2D eigenvalue weighted by atomic mass is 9.81. The summed E-state index contributed by atoms with van der Waals surface area (Å²) in [6.45, 7) is 7.59. The van der Waals surface area contributed by atoms with Crippen molar-refractivity contribution in [2.45, 2.75) is 71.0 Å². The molecule has 1 aromatic heterocycles. The van der Waals surface area contributed by atoms with E-state index in [-0.39, 0.29) is 0 Å². The summed E-state index contributed by atoms with van der Waals surface area (Å²) in [5.74, 6) is 0. The van der Waals surface area contributed by atoms with Crippen LogP contribution in [0.3, 0.4) is 0 Å². The van der Waals surface area contributed by atoms with Crippen LogP contribution in [0.2, 0.25) is 0 Å². The predicted molar refractivity (Wildman–Crippen MR) is 78.7 cm³/mol. The van der Waals surface area contributed by atoms with Gasteiger partial charge in [-0.3, -0.25) is 5.10 Å². The quantitative estimate of drug-likeness (QED) is 0.880. The maximum Gasteiger partial charge on any atom is 0.0827 e. The van der Waals surface area contributed by atoms with Gasteiger partial charge < -0.3 is 10.2 Å². The highest BCUT2D eigenvalue weighted by molar-refractivity contribution is 5.56. The van der Waals surface area contributed by atoms with Crippen molar-refractivity contribution >= 4 is 5.69 Å². The van der Waals surface area contributed by atoms with E-state index in [1.807, 2.05) is 0 Å². The molecule has 19 heavy (non-hydrogen) atoms. The fraction of sp³-hybridized carbons (Fsp3) is 0.800. The molecule has 0 saturated carbocycles. The van der Waals surface area contributed by atoms with E-state index in [0.717, 1.165) is 12.2 Å². The summed E-state index contributed by atoms with van der Waals surface area (Å²) in [6.07, 6.45) is 6.63. The van der Waals surface area contributed by atoms with Crippen molar-refractivity contribution in [3.8, 4) is 0 Å².